The van der Waals surface area contributed by atoms with Crippen molar-refractivity contribution >= 4 is 11.3 Å². The van der Waals surface area contributed by atoms with Crippen molar-refractivity contribution in [2.75, 3.05) is 0 Å². The Hall–Kier alpha value is -1.36. The third-order valence-electron chi connectivity index (χ3n) is 2.07. The predicted octanol–water partition coefficient (Wildman–Crippen LogP) is 1.17. The summed E-state index contributed by atoms with van der Waals surface area (Å²) in [5.41, 5.74) is 2.74. The third kappa shape index (κ3) is 1.63. The molecule has 0 radical (unpaired) electrons. The van der Waals surface area contributed by atoms with Gasteiger partial charge in [-0.3, -0.25) is 9.13 Å². The van der Waals surface area contributed by atoms with Crippen LogP contribution in [0, 0.1) is 0 Å². The lowest BCUT2D eigenvalue weighted by molar-refractivity contribution is 0.663. The van der Waals surface area contributed by atoms with E-state index in [4.69, 9.17) is 0 Å². The average molecular weight is 209 g/mol. The molecule has 0 saturated heterocycles. The summed E-state index contributed by atoms with van der Waals surface area (Å²) in [7, 11) is 0. The monoisotopic (exact) mass is 209 g/mol. The highest BCUT2D eigenvalue weighted by Gasteiger charge is 2.02. The van der Waals surface area contributed by atoms with Gasteiger partial charge in [-0.15, -0.1) is 11.3 Å². The maximum atomic E-state index is 11.6. The van der Waals surface area contributed by atoms with Crippen LogP contribution in [-0.2, 0) is 13.1 Å². The van der Waals surface area contributed by atoms with E-state index in [1.165, 1.54) is 0 Å². The molecule has 0 fully saturated rings. The van der Waals surface area contributed by atoms with Crippen LogP contribution in [0.1, 0.15) is 12.6 Å². The summed E-state index contributed by atoms with van der Waals surface area (Å²) in [5, 5.41) is 1.95. The second-order valence-corrected chi connectivity index (χ2v) is 3.69. The summed E-state index contributed by atoms with van der Waals surface area (Å²) in [6.07, 6.45) is 3.60. The molecule has 0 aliphatic heterocycles. The predicted molar refractivity (Wildman–Crippen MR) is 55.6 cm³/mol. The quantitative estimate of drug-likeness (QED) is 0.761. The number of nitrogens with zero attached hydrogens (tertiary/aromatic N) is 3. The van der Waals surface area contributed by atoms with E-state index in [1.807, 2.05) is 12.3 Å². The van der Waals surface area contributed by atoms with E-state index >= 15 is 0 Å². The minimum atomic E-state index is 0.0282. The van der Waals surface area contributed by atoms with Crippen LogP contribution in [0.2, 0.25) is 0 Å². The molecule has 0 aromatic carbocycles. The average Bonchev–Trinajstić information content (AvgIpc) is 2.79. The van der Waals surface area contributed by atoms with Crippen molar-refractivity contribution < 1.29 is 0 Å². The Labute approximate surface area is 85.5 Å². The molecule has 2 rings (SSSR count). The number of thiazole rings is 1. The lowest BCUT2D eigenvalue weighted by Gasteiger charge is -1.97. The fourth-order valence-electron chi connectivity index (χ4n) is 1.30. The first-order chi connectivity index (χ1) is 6.81. The highest BCUT2D eigenvalue weighted by atomic mass is 32.1. The highest BCUT2D eigenvalue weighted by Crippen LogP contribution is 2.02. The van der Waals surface area contributed by atoms with Gasteiger partial charge in [-0.05, 0) is 6.92 Å². The largest absolute Gasteiger partial charge is 0.328 e. The van der Waals surface area contributed by atoms with Crippen molar-refractivity contribution in [1.29, 1.82) is 0 Å². The number of hydrogen-bond donors (Lipinski definition) is 0. The van der Waals surface area contributed by atoms with Gasteiger partial charge in [-0.2, -0.15) is 0 Å². The molecule has 0 bridgehead atoms. The van der Waals surface area contributed by atoms with Gasteiger partial charge in [0.1, 0.15) is 0 Å². The summed E-state index contributed by atoms with van der Waals surface area (Å²) in [4.78, 5) is 15.8. The minimum Gasteiger partial charge on any atom is -0.300 e. The van der Waals surface area contributed by atoms with Crippen LogP contribution < -0.4 is 5.69 Å². The molecular weight excluding hydrogens is 198 g/mol. The molecule has 0 unspecified atom stereocenters. The Kier molecular flexibility index (Phi) is 2.49. The standard InChI is InChI=1S/C9H11N3OS/c1-2-11-3-4-12(9(11)13)5-8-6-14-7-10-8/h3-4,6-7H,2,5H2,1H3. The molecule has 5 heteroatoms. The molecule has 0 amide bonds. The van der Waals surface area contributed by atoms with Gasteiger partial charge in [0.2, 0.25) is 0 Å². The van der Waals surface area contributed by atoms with Gasteiger partial charge >= 0.3 is 5.69 Å². The number of hydrogen-bond acceptors (Lipinski definition) is 3. The minimum absolute atomic E-state index is 0.0282. The van der Waals surface area contributed by atoms with E-state index in [0.29, 0.717) is 13.1 Å². The second-order valence-electron chi connectivity index (χ2n) is 2.97. The zero-order valence-corrected chi connectivity index (χ0v) is 8.70. The van der Waals surface area contributed by atoms with Gasteiger partial charge in [0.15, 0.2) is 0 Å². The van der Waals surface area contributed by atoms with Crippen LogP contribution in [0.5, 0.6) is 0 Å². The van der Waals surface area contributed by atoms with E-state index in [9.17, 15) is 4.79 Å². The Bertz CT molecular complexity index is 455. The van der Waals surface area contributed by atoms with Gasteiger partial charge in [0.25, 0.3) is 0 Å². The van der Waals surface area contributed by atoms with E-state index < -0.39 is 0 Å². The third-order valence-corrected chi connectivity index (χ3v) is 2.71. The van der Waals surface area contributed by atoms with Crippen LogP contribution in [0.4, 0.5) is 0 Å². The SMILES string of the molecule is CCn1ccn(Cc2cscn2)c1=O. The molecule has 0 N–H and O–H groups in total. The van der Waals surface area contributed by atoms with E-state index in [-0.39, 0.29) is 5.69 Å². The van der Waals surface area contributed by atoms with Crippen molar-refractivity contribution in [3.63, 3.8) is 0 Å². The van der Waals surface area contributed by atoms with Gasteiger partial charge in [0.05, 0.1) is 17.7 Å². The summed E-state index contributed by atoms with van der Waals surface area (Å²) in [6.45, 7) is 3.23. The Morgan fingerprint density at radius 3 is 2.79 bits per heavy atom. The van der Waals surface area contributed by atoms with Crippen molar-refractivity contribution in [3.8, 4) is 0 Å². The molecule has 2 aromatic rings. The molecule has 14 heavy (non-hydrogen) atoms. The van der Waals surface area contributed by atoms with Crippen LogP contribution >= 0.6 is 11.3 Å². The molecule has 74 valence electrons. The lowest BCUT2D eigenvalue weighted by atomic mass is 10.5. The first-order valence-corrected chi connectivity index (χ1v) is 5.38. The molecule has 2 aromatic heterocycles. The van der Waals surface area contributed by atoms with Crippen LogP contribution in [-0.4, -0.2) is 14.1 Å². The van der Waals surface area contributed by atoms with Gasteiger partial charge in [-0.25, -0.2) is 9.78 Å². The fraction of sp³-hybridized carbons (Fsp3) is 0.333. The van der Waals surface area contributed by atoms with Gasteiger partial charge in [-0.1, -0.05) is 0 Å². The van der Waals surface area contributed by atoms with Crippen LogP contribution in [0.3, 0.4) is 0 Å². The zero-order chi connectivity index (χ0) is 9.97. The van der Waals surface area contributed by atoms with Crippen molar-refractivity contribution in [2.45, 2.75) is 20.0 Å². The summed E-state index contributed by atoms with van der Waals surface area (Å²) in [5.74, 6) is 0. The zero-order valence-electron chi connectivity index (χ0n) is 7.88. The van der Waals surface area contributed by atoms with Crippen molar-refractivity contribution in [1.82, 2.24) is 14.1 Å². The van der Waals surface area contributed by atoms with E-state index in [2.05, 4.69) is 4.98 Å². The maximum absolute atomic E-state index is 11.6. The van der Waals surface area contributed by atoms with Gasteiger partial charge in [0, 0.05) is 24.3 Å². The normalized spacial score (nSPS) is 10.6. The summed E-state index contributed by atoms with van der Waals surface area (Å²) in [6, 6.07) is 0. The number of imidazole rings is 1. The molecule has 2 heterocycles. The smallest absolute Gasteiger partial charge is 0.300 e. The number of rotatable bonds is 3. The molecular formula is C9H11N3OS. The van der Waals surface area contributed by atoms with Crippen LogP contribution in [0.25, 0.3) is 0 Å². The molecule has 0 atom stereocenters. The molecule has 0 spiro atoms. The molecule has 4 nitrogen and oxygen atoms in total. The second kappa shape index (κ2) is 3.79. The summed E-state index contributed by atoms with van der Waals surface area (Å²) >= 11 is 1.54. The Balaban J connectivity index is 2.26. The van der Waals surface area contributed by atoms with Crippen molar-refractivity contribution in [3.05, 3.63) is 39.5 Å². The molecule has 0 aliphatic rings. The Morgan fingerprint density at radius 2 is 2.21 bits per heavy atom. The highest BCUT2D eigenvalue weighted by molar-refractivity contribution is 7.07. The number of aromatic nitrogens is 3. The maximum Gasteiger partial charge on any atom is 0.328 e. The Morgan fingerprint density at radius 1 is 1.43 bits per heavy atom. The summed E-state index contributed by atoms with van der Waals surface area (Å²) < 4.78 is 3.34. The molecule has 0 aliphatic carbocycles. The fourth-order valence-corrected chi connectivity index (χ4v) is 1.85. The van der Waals surface area contributed by atoms with Crippen LogP contribution in [0.15, 0.2) is 28.1 Å². The molecule has 0 saturated carbocycles. The first kappa shape index (κ1) is 9.21. The van der Waals surface area contributed by atoms with Crippen molar-refractivity contribution in [2.24, 2.45) is 0 Å². The first-order valence-electron chi connectivity index (χ1n) is 4.44. The topological polar surface area (TPSA) is 39.8 Å². The van der Waals surface area contributed by atoms with E-state index in [0.717, 1.165) is 5.69 Å². The lowest BCUT2D eigenvalue weighted by Crippen LogP contribution is -2.23. The number of aryl methyl sites for hydroxylation is 1. The van der Waals surface area contributed by atoms with Gasteiger partial charge < -0.3 is 0 Å². The van der Waals surface area contributed by atoms with E-state index in [1.54, 1.807) is 38.4 Å².